The molecule has 1 aliphatic rings. The van der Waals surface area contributed by atoms with Crippen molar-refractivity contribution in [2.45, 2.75) is 32.2 Å². The fourth-order valence-electron chi connectivity index (χ4n) is 1.79. The average Bonchev–Trinajstić information content (AvgIpc) is 2.59. The van der Waals surface area contributed by atoms with Gasteiger partial charge >= 0.3 is 0 Å². The van der Waals surface area contributed by atoms with Crippen molar-refractivity contribution in [1.29, 1.82) is 0 Å². The SMILES string of the molecule is CCOCCNC(=O)C1CCC(N)C1. The zero-order valence-corrected chi connectivity index (χ0v) is 8.79. The van der Waals surface area contributed by atoms with Gasteiger partial charge in [-0.05, 0) is 26.2 Å². The topological polar surface area (TPSA) is 64.3 Å². The van der Waals surface area contributed by atoms with Gasteiger partial charge in [-0.25, -0.2) is 0 Å². The lowest BCUT2D eigenvalue weighted by molar-refractivity contribution is -0.125. The van der Waals surface area contributed by atoms with Crippen LogP contribution in [0.2, 0.25) is 0 Å². The van der Waals surface area contributed by atoms with Crippen molar-refractivity contribution >= 4 is 5.91 Å². The molecule has 1 aliphatic carbocycles. The molecule has 4 heteroatoms. The molecular formula is C10H20N2O2. The van der Waals surface area contributed by atoms with E-state index < -0.39 is 0 Å². The van der Waals surface area contributed by atoms with Crippen molar-refractivity contribution in [2.75, 3.05) is 19.8 Å². The molecule has 0 aromatic carbocycles. The van der Waals surface area contributed by atoms with Crippen LogP contribution in [0.15, 0.2) is 0 Å². The molecule has 0 aromatic heterocycles. The molecule has 1 rings (SSSR count). The first-order chi connectivity index (χ1) is 6.74. The van der Waals surface area contributed by atoms with Gasteiger partial charge in [0.25, 0.3) is 0 Å². The van der Waals surface area contributed by atoms with Gasteiger partial charge in [-0.1, -0.05) is 0 Å². The van der Waals surface area contributed by atoms with Crippen molar-refractivity contribution in [3.8, 4) is 0 Å². The Morgan fingerprint density at radius 2 is 2.36 bits per heavy atom. The highest BCUT2D eigenvalue weighted by Crippen LogP contribution is 2.23. The fourth-order valence-corrected chi connectivity index (χ4v) is 1.79. The van der Waals surface area contributed by atoms with E-state index in [1.807, 2.05) is 6.92 Å². The van der Waals surface area contributed by atoms with Crippen molar-refractivity contribution in [1.82, 2.24) is 5.32 Å². The number of carbonyl (C=O) groups is 1. The molecule has 0 spiro atoms. The maximum absolute atomic E-state index is 11.5. The van der Waals surface area contributed by atoms with Gasteiger partial charge < -0.3 is 15.8 Å². The van der Waals surface area contributed by atoms with Crippen molar-refractivity contribution < 1.29 is 9.53 Å². The maximum atomic E-state index is 11.5. The van der Waals surface area contributed by atoms with Crippen LogP contribution in [0.3, 0.4) is 0 Å². The lowest BCUT2D eigenvalue weighted by atomic mass is 10.1. The first kappa shape index (κ1) is 11.5. The Bertz CT molecular complexity index is 185. The monoisotopic (exact) mass is 200 g/mol. The third-order valence-electron chi connectivity index (χ3n) is 2.59. The van der Waals surface area contributed by atoms with E-state index in [9.17, 15) is 4.79 Å². The number of hydrogen-bond donors (Lipinski definition) is 2. The van der Waals surface area contributed by atoms with E-state index in [1.165, 1.54) is 0 Å². The molecule has 1 saturated carbocycles. The Morgan fingerprint density at radius 1 is 1.57 bits per heavy atom. The molecule has 0 bridgehead atoms. The van der Waals surface area contributed by atoms with Crippen LogP contribution < -0.4 is 11.1 Å². The first-order valence-electron chi connectivity index (χ1n) is 5.35. The largest absolute Gasteiger partial charge is 0.380 e. The van der Waals surface area contributed by atoms with Gasteiger partial charge in [-0.2, -0.15) is 0 Å². The third-order valence-corrected chi connectivity index (χ3v) is 2.59. The summed E-state index contributed by atoms with van der Waals surface area (Å²) in [6.45, 7) is 3.85. The molecule has 0 heterocycles. The highest BCUT2D eigenvalue weighted by Gasteiger charge is 2.27. The molecule has 2 unspecified atom stereocenters. The Labute approximate surface area is 85.2 Å². The van der Waals surface area contributed by atoms with E-state index >= 15 is 0 Å². The predicted molar refractivity (Wildman–Crippen MR) is 54.8 cm³/mol. The van der Waals surface area contributed by atoms with Crippen LogP contribution in [-0.4, -0.2) is 31.7 Å². The molecule has 0 radical (unpaired) electrons. The van der Waals surface area contributed by atoms with Gasteiger partial charge in [0.1, 0.15) is 0 Å². The summed E-state index contributed by atoms with van der Waals surface area (Å²) >= 11 is 0. The Morgan fingerprint density at radius 3 is 2.93 bits per heavy atom. The van der Waals surface area contributed by atoms with Crippen LogP contribution >= 0.6 is 0 Å². The summed E-state index contributed by atoms with van der Waals surface area (Å²) in [6, 6.07) is 0.220. The Kier molecular flexibility index (Phi) is 4.90. The molecule has 1 fully saturated rings. The summed E-state index contributed by atoms with van der Waals surface area (Å²) < 4.78 is 5.13. The molecule has 1 amide bonds. The Hall–Kier alpha value is -0.610. The van der Waals surface area contributed by atoms with Gasteiger partial charge in [0, 0.05) is 25.1 Å². The average molecular weight is 200 g/mol. The molecule has 0 aliphatic heterocycles. The van der Waals surface area contributed by atoms with Crippen LogP contribution in [0.5, 0.6) is 0 Å². The van der Waals surface area contributed by atoms with E-state index in [1.54, 1.807) is 0 Å². The zero-order chi connectivity index (χ0) is 10.4. The number of amides is 1. The molecule has 14 heavy (non-hydrogen) atoms. The van der Waals surface area contributed by atoms with E-state index in [0.29, 0.717) is 19.8 Å². The second-order valence-electron chi connectivity index (χ2n) is 3.76. The number of hydrogen-bond acceptors (Lipinski definition) is 3. The lowest BCUT2D eigenvalue weighted by Gasteiger charge is -2.10. The summed E-state index contributed by atoms with van der Waals surface area (Å²) in [5, 5.41) is 2.86. The predicted octanol–water partition coefficient (Wildman–Crippen LogP) is 0.267. The molecule has 0 aromatic rings. The number of nitrogens with one attached hydrogen (secondary N) is 1. The number of nitrogens with two attached hydrogens (primary N) is 1. The second-order valence-corrected chi connectivity index (χ2v) is 3.76. The van der Waals surface area contributed by atoms with Crippen LogP contribution in [0.25, 0.3) is 0 Å². The van der Waals surface area contributed by atoms with Gasteiger partial charge in [-0.3, -0.25) is 4.79 Å². The van der Waals surface area contributed by atoms with Gasteiger partial charge in [0.05, 0.1) is 6.61 Å². The molecule has 3 N–H and O–H groups in total. The summed E-state index contributed by atoms with van der Waals surface area (Å²) in [5.74, 6) is 0.268. The third kappa shape index (κ3) is 3.64. The van der Waals surface area contributed by atoms with E-state index in [0.717, 1.165) is 19.3 Å². The highest BCUT2D eigenvalue weighted by atomic mass is 16.5. The van der Waals surface area contributed by atoms with E-state index in [-0.39, 0.29) is 17.9 Å². The fraction of sp³-hybridized carbons (Fsp3) is 0.900. The minimum absolute atomic E-state index is 0.131. The van der Waals surface area contributed by atoms with Crippen LogP contribution in [0.4, 0.5) is 0 Å². The normalized spacial score (nSPS) is 26.4. The van der Waals surface area contributed by atoms with Crippen LogP contribution in [0, 0.1) is 5.92 Å². The number of carbonyl (C=O) groups excluding carboxylic acids is 1. The van der Waals surface area contributed by atoms with Crippen LogP contribution in [-0.2, 0) is 9.53 Å². The van der Waals surface area contributed by atoms with Gasteiger partial charge in [0.2, 0.25) is 5.91 Å². The summed E-state index contributed by atoms with van der Waals surface area (Å²) in [4.78, 5) is 11.5. The number of ether oxygens (including phenoxy) is 1. The second kappa shape index (κ2) is 5.98. The van der Waals surface area contributed by atoms with Crippen LogP contribution in [0.1, 0.15) is 26.2 Å². The van der Waals surface area contributed by atoms with E-state index in [2.05, 4.69) is 5.32 Å². The summed E-state index contributed by atoms with van der Waals surface area (Å²) in [7, 11) is 0. The number of rotatable bonds is 5. The molecule has 2 atom stereocenters. The van der Waals surface area contributed by atoms with Gasteiger partial charge in [0.15, 0.2) is 0 Å². The standard InChI is InChI=1S/C10H20N2O2/c1-2-14-6-5-12-10(13)8-3-4-9(11)7-8/h8-9H,2-7,11H2,1H3,(H,12,13). The quantitative estimate of drug-likeness (QED) is 0.626. The Balaban J connectivity index is 2.09. The molecule has 4 nitrogen and oxygen atoms in total. The lowest BCUT2D eigenvalue weighted by Crippen LogP contribution is -2.32. The maximum Gasteiger partial charge on any atom is 0.223 e. The molecular weight excluding hydrogens is 180 g/mol. The first-order valence-corrected chi connectivity index (χ1v) is 5.35. The van der Waals surface area contributed by atoms with Gasteiger partial charge in [-0.15, -0.1) is 0 Å². The van der Waals surface area contributed by atoms with Crippen molar-refractivity contribution in [3.05, 3.63) is 0 Å². The summed E-state index contributed by atoms with van der Waals surface area (Å²) in [6.07, 6.45) is 2.74. The minimum atomic E-state index is 0.131. The zero-order valence-electron chi connectivity index (χ0n) is 8.79. The summed E-state index contributed by atoms with van der Waals surface area (Å²) in [5.41, 5.74) is 5.73. The van der Waals surface area contributed by atoms with Crippen molar-refractivity contribution in [2.24, 2.45) is 11.7 Å². The molecule has 0 saturated heterocycles. The van der Waals surface area contributed by atoms with E-state index in [4.69, 9.17) is 10.5 Å². The smallest absolute Gasteiger partial charge is 0.223 e. The minimum Gasteiger partial charge on any atom is -0.380 e. The highest BCUT2D eigenvalue weighted by molar-refractivity contribution is 5.78. The molecule has 82 valence electrons. The van der Waals surface area contributed by atoms with Crippen molar-refractivity contribution in [3.63, 3.8) is 0 Å².